The average Bonchev–Trinajstić information content (AvgIpc) is 3.12. The van der Waals surface area contributed by atoms with Crippen molar-refractivity contribution >= 4 is 5.65 Å². The summed E-state index contributed by atoms with van der Waals surface area (Å²) in [5.74, 6) is 0.170. The van der Waals surface area contributed by atoms with Crippen LogP contribution in [0, 0.1) is 0 Å². The molecule has 2 heterocycles. The number of rotatable bonds is 5. The molecule has 0 atom stereocenters. The topological polar surface area (TPSA) is 93.7 Å². The van der Waals surface area contributed by atoms with Gasteiger partial charge in [-0.1, -0.05) is 66.7 Å². The van der Waals surface area contributed by atoms with E-state index < -0.39 is 0 Å². The van der Waals surface area contributed by atoms with Gasteiger partial charge in [-0.05, 0) is 23.3 Å². The quantitative estimate of drug-likeness (QED) is 0.445. The van der Waals surface area contributed by atoms with Gasteiger partial charge >= 0.3 is 0 Å². The molecule has 0 fully saturated rings. The van der Waals surface area contributed by atoms with Crippen molar-refractivity contribution in [3.63, 3.8) is 0 Å². The molecule has 0 saturated carbocycles. The molecule has 0 bridgehead atoms. The highest BCUT2D eigenvalue weighted by Crippen LogP contribution is 2.29. The van der Waals surface area contributed by atoms with E-state index in [9.17, 15) is 15.3 Å². The largest absolute Gasteiger partial charge is 0.872 e. The van der Waals surface area contributed by atoms with Crippen LogP contribution in [-0.4, -0.2) is 24.6 Å². The molecule has 0 spiro atoms. The maximum atomic E-state index is 11.5. The molecule has 5 aromatic rings. The van der Waals surface area contributed by atoms with Gasteiger partial charge in [-0.15, -0.1) is 5.75 Å². The zero-order chi connectivity index (χ0) is 22.1. The van der Waals surface area contributed by atoms with Crippen LogP contribution in [0.4, 0.5) is 0 Å². The fourth-order valence-electron chi connectivity index (χ4n) is 3.74. The second-order valence-electron chi connectivity index (χ2n) is 7.68. The number of hydrogen-bond donors (Lipinski definition) is 2. The first-order valence-electron chi connectivity index (χ1n) is 10.3. The van der Waals surface area contributed by atoms with Gasteiger partial charge in [0.25, 0.3) is 0 Å². The molecule has 0 radical (unpaired) electrons. The van der Waals surface area contributed by atoms with E-state index in [1.54, 1.807) is 47.0 Å². The van der Waals surface area contributed by atoms with Crippen LogP contribution in [0.25, 0.3) is 16.9 Å². The van der Waals surface area contributed by atoms with Crippen LogP contribution in [0.2, 0.25) is 0 Å². The molecular weight excluding hydrogens is 402 g/mol. The van der Waals surface area contributed by atoms with Crippen molar-refractivity contribution in [1.82, 2.24) is 14.4 Å². The van der Waals surface area contributed by atoms with Crippen molar-refractivity contribution in [3.05, 3.63) is 108 Å². The molecule has 158 valence electrons. The summed E-state index contributed by atoms with van der Waals surface area (Å²) >= 11 is 0. The molecule has 0 amide bonds. The summed E-state index contributed by atoms with van der Waals surface area (Å²) in [6.45, 7) is 0. The molecule has 5 rings (SSSR count). The van der Waals surface area contributed by atoms with Gasteiger partial charge in [0.15, 0.2) is 5.65 Å². The Balaban J connectivity index is 1.63. The van der Waals surface area contributed by atoms with Gasteiger partial charge in [0.1, 0.15) is 11.4 Å². The highest BCUT2D eigenvalue weighted by atomic mass is 16.3. The summed E-state index contributed by atoms with van der Waals surface area (Å²) in [4.78, 5) is 9.55. The molecule has 0 aliphatic carbocycles. The minimum atomic E-state index is -0.0685. The highest BCUT2D eigenvalue weighted by molar-refractivity contribution is 5.64. The molecule has 6 heteroatoms. The van der Waals surface area contributed by atoms with Crippen molar-refractivity contribution in [1.29, 1.82) is 0 Å². The summed E-state index contributed by atoms with van der Waals surface area (Å²) in [5, 5.41) is 32.0. The first-order chi connectivity index (χ1) is 15.6. The molecule has 2 N–H and O–H groups in total. The Morgan fingerprint density at radius 2 is 1.38 bits per heavy atom. The molecule has 2 aromatic heterocycles. The zero-order valence-corrected chi connectivity index (χ0v) is 17.1. The summed E-state index contributed by atoms with van der Waals surface area (Å²) in [7, 11) is 0. The number of aromatic nitrogens is 3. The lowest BCUT2D eigenvalue weighted by Gasteiger charge is -2.10. The molecule has 0 aliphatic heterocycles. The SMILES string of the molecule is [O-]c1ccc(-c2cn3c(O)c(Cc4ccc(O)cc4)nc3c(Cc3ccccc3)n2)cc1. The Bertz CT molecular complexity index is 1380. The predicted octanol–water partition coefficient (Wildman–Crippen LogP) is 4.06. The van der Waals surface area contributed by atoms with Crippen LogP contribution in [-0.2, 0) is 12.8 Å². The van der Waals surface area contributed by atoms with Gasteiger partial charge in [0, 0.05) is 24.6 Å². The van der Waals surface area contributed by atoms with E-state index in [2.05, 4.69) is 0 Å². The minimum Gasteiger partial charge on any atom is -0.872 e. The number of benzene rings is 3. The Labute approximate surface area is 184 Å². The van der Waals surface area contributed by atoms with Crippen molar-refractivity contribution in [2.45, 2.75) is 12.8 Å². The van der Waals surface area contributed by atoms with E-state index in [0.29, 0.717) is 29.9 Å². The highest BCUT2D eigenvalue weighted by Gasteiger charge is 2.18. The smallest absolute Gasteiger partial charge is 0.219 e. The fourth-order valence-corrected chi connectivity index (χ4v) is 3.74. The van der Waals surface area contributed by atoms with Crippen molar-refractivity contribution in [2.24, 2.45) is 0 Å². The van der Waals surface area contributed by atoms with Gasteiger partial charge in [0.05, 0.1) is 11.4 Å². The van der Waals surface area contributed by atoms with Crippen molar-refractivity contribution in [3.8, 4) is 28.6 Å². The lowest BCUT2D eigenvalue weighted by molar-refractivity contribution is -0.268. The summed E-state index contributed by atoms with van der Waals surface area (Å²) in [6, 6.07) is 23.3. The Hall–Kier alpha value is -4.32. The van der Waals surface area contributed by atoms with E-state index >= 15 is 0 Å². The average molecular weight is 422 g/mol. The minimum absolute atomic E-state index is 0.0477. The van der Waals surface area contributed by atoms with Gasteiger partial charge in [-0.2, -0.15) is 0 Å². The third kappa shape index (κ3) is 3.86. The predicted molar refractivity (Wildman–Crippen MR) is 120 cm³/mol. The number of phenols is 1. The van der Waals surface area contributed by atoms with E-state index in [-0.39, 0.29) is 17.4 Å². The number of hydrogen-bond acceptors (Lipinski definition) is 5. The van der Waals surface area contributed by atoms with Crippen molar-refractivity contribution < 1.29 is 15.3 Å². The maximum absolute atomic E-state index is 11.5. The van der Waals surface area contributed by atoms with Crippen LogP contribution < -0.4 is 5.11 Å². The van der Waals surface area contributed by atoms with Crippen LogP contribution in [0.5, 0.6) is 17.4 Å². The Morgan fingerprint density at radius 3 is 2.09 bits per heavy atom. The Morgan fingerprint density at radius 1 is 0.719 bits per heavy atom. The van der Waals surface area contributed by atoms with Crippen molar-refractivity contribution in [2.75, 3.05) is 0 Å². The number of phenolic OH excluding ortho intramolecular Hbond substituents is 1. The second-order valence-corrected chi connectivity index (χ2v) is 7.68. The summed E-state index contributed by atoms with van der Waals surface area (Å²) in [5.41, 5.74) is 5.28. The fraction of sp³-hybridized carbons (Fsp3) is 0.0769. The zero-order valence-electron chi connectivity index (χ0n) is 17.1. The lowest BCUT2D eigenvalue weighted by Crippen LogP contribution is -2.01. The van der Waals surface area contributed by atoms with Crippen LogP contribution >= 0.6 is 0 Å². The summed E-state index contributed by atoms with van der Waals surface area (Å²) < 4.78 is 1.65. The van der Waals surface area contributed by atoms with Crippen LogP contribution in [0.15, 0.2) is 85.1 Å². The first kappa shape index (κ1) is 19.6. The van der Waals surface area contributed by atoms with E-state index in [4.69, 9.17) is 9.97 Å². The molecule has 32 heavy (non-hydrogen) atoms. The first-order valence-corrected chi connectivity index (χ1v) is 10.3. The number of aromatic hydroxyl groups is 2. The molecule has 0 saturated heterocycles. The third-order valence-corrected chi connectivity index (χ3v) is 5.39. The van der Waals surface area contributed by atoms with Gasteiger partial charge in [-0.3, -0.25) is 4.40 Å². The molecule has 0 aliphatic rings. The second kappa shape index (κ2) is 8.07. The Kier molecular flexibility index (Phi) is 4.95. The molecule has 3 aromatic carbocycles. The monoisotopic (exact) mass is 422 g/mol. The standard InChI is InChI=1S/C26H21N3O3/c30-20-10-6-18(7-11-20)15-23-26(32)29-16-24(19-8-12-21(31)13-9-19)27-22(25(29)28-23)14-17-4-2-1-3-5-17/h1-13,16,30-32H,14-15H2/p-1. The van der Waals surface area contributed by atoms with Gasteiger partial charge in [-0.25, -0.2) is 9.97 Å². The van der Waals surface area contributed by atoms with Crippen LogP contribution in [0.3, 0.4) is 0 Å². The normalized spacial score (nSPS) is 11.1. The van der Waals surface area contributed by atoms with Gasteiger partial charge < -0.3 is 15.3 Å². The molecule has 6 nitrogen and oxygen atoms in total. The van der Waals surface area contributed by atoms with Crippen LogP contribution in [0.1, 0.15) is 22.5 Å². The maximum Gasteiger partial charge on any atom is 0.219 e. The summed E-state index contributed by atoms with van der Waals surface area (Å²) in [6.07, 6.45) is 2.71. The van der Waals surface area contributed by atoms with Gasteiger partial charge in [0.2, 0.25) is 5.88 Å². The third-order valence-electron chi connectivity index (χ3n) is 5.39. The van der Waals surface area contributed by atoms with E-state index in [0.717, 1.165) is 22.4 Å². The number of imidazole rings is 1. The number of nitrogens with zero attached hydrogens (tertiary/aromatic N) is 3. The number of fused-ring (bicyclic) bond motifs is 1. The van der Waals surface area contributed by atoms with E-state index in [1.807, 2.05) is 30.3 Å². The molecule has 0 unspecified atom stereocenters. The van der Waals surface area contributed by atoms with E-state index in [1.165, 1.54) is 12.1 Å². The lowest BCUT2D eigenvalue weighted by atomic mass is 10.1. The molecular formula is C26H20N3O3-.